The Morgan fingerprint density at radius 1 is 1.08 bits per heavy atom. The van der Waals surface area contributed by atoms with Crippen molar-refractivity contribution in [3.63, 3.8) is 0 Å². The van der Waals surface area contributed by atoms with Gasteiger partial charge in [0.15, 0.2) is 5.60 Å². The Kier molecular flexibility index (Phi) is 5.90. The van der Waals surface area contributed by atoms with E-state index >= 15 is 0 Å². The number of carbonyl (C=O) groups is 1. The smallest absolute Gasteiger partial charge is 0.339 e. The zero-order valence-corrected chi connectivity index (χ0v) is 13.6. The van der Waals surface area contributed by atoms with Crippen molar-refractivity contribution in [2.75, 3.05) is 12.9 Å². The molecule has 0 bridgehead atoms. The number of rotatable bonds is 6. The highest BCUT2D eigenvalue weighted by Crippen LogP contribution is 2.27. The highest BCUT2D eigenvalue weighted by atomic mass is 32.2. The molecular formula is C17H15F3O3S. The van der Waals surface area contributed by atoms with E-state index < -0.39 is 29.0 Å². The minimum absolute atomic E-state index is 0.122. The van der Waals surface area contributed by atoms with Crippen LogP contribution in [-0.4, -0.2) is 29.5 Å². The van der Waals surface area contributed by atoms with Crippen LogP contribution in [0.3, 0.4) is 0 Å². The van der Waals surface area contributed by atoms with Crippen molar-refractivity contribution in [3.05, 3.63) is 65.5 Å². The molecule has 0 aliphatic heterocycles. The van der Waals surface area contributed by atoms with Gasteiger partial charge in [-0.2, -0.15) is 0 Å². The van der Waals surface area contributed by atoms with Crippen LogP contribution in [0.25, 0.3) is 0 Å². The average molecular weight is 356 g/mol. The van der Waals surface area contributed by atoms with E-state index in [1.54, 1.807) is 0 Å². The maximum atomic E-state index is 13.3. The van der Waals surface area contributed by atoms with Crippen LogP contribution in [0.2, 0.25) is 0 Å². The number of carbonyl (C=O) groups excluding carboxylic acids is 1. The maximum Gasteiger partial charge on any atom is 0.339 e. The summed E-state index contributed by atoms with van der Waals surface area (Å²) in [6.07, 6.45) is -0.317. The van der Waals surface area contributed by atoms with E-state index in [9.17, 15) is 23.1 Å². The standard InChI is InChI=1S/C17H15F3O3S/c1-23-16(21)17(22,9-11-6-13(19)8-14(20)7-11)10-24-15-4-2-12(18)3-5-15/h2-8,22H,9-10H2,1H3/t17-/m0/s1. The maximum absolute atomic E-state index is 13.3. The Labute approximate surface area is 141 Å². The molecule has 0 saturated carbocycles. The summed E-state index contributed by atoms with van der Waals surface area (Å²) < 4.78 is 44.1. The molecule has 3 nitrogen and oxygen atoms in total. The second-order valence-electron chi connectivity index (χ2n) is 5.22. The van der Waals surface area contributed by atoms with Gasteiger partial charge in [-0.3, -0.25) is 0 Å². The molecule has 0 aliphatic carbocycles. The van der Waals surface area contributed by atoms with Crippen molar-refractivity contribution in [1.82, 2.24) is 0 Å². The first kappa shape index (κ1) is 18.4. The fourth-order valence-electron chi connectivity index (χ4n) is 2.16. The van der Waals surface area contributed by atoms with E-state index in [1.165, 1.54) is 24.3 Å². The van der Waals surface area contributed by atoms with Crippen LogP contribution in [0.5, 0.6) is 0 Å². The van der Waals surface area contributed by atoms with Gasteiger partial charge in [0.05, 0.1) is 7.11 Å². The number of hydrogen-bond acceptors (Lipinski definition) is 4. The molecule has 1 atom stereocenters. The van der Waals surface area contributed by atoms with Gasteiger partial charge in [-0.15, -0.1) is 11.8 Å². The number of ether oxygens (including phenoxy) is 1. The zero-order valence-electron chi connectivity index (χ0n) is 12.8. The van der Waals surface area contributed by atoms with Crippen LogP contribution >= 0.6 is 11.8 Å². The highest BCUT2D eigenvalue weighted by Gasteiger charge is 2.37. The van der Waals surface area contributed by atoms with Crippen LogP contribution in [0, 0.1) is 17.5 Å². The Bertz CT molecular complexity index is 701. The monoisotopic (exact) mass is 356 g/mol. The lowest BCUT2D eigenvalue weighted by Gasteiger charge is -2.25. The first-order chi connectivity index (χ1) is 11.3. The van der Waals surface area contributed by atoms with Gasteiger partial charge in [-0.25, -0.2) is 18.0 Å². The second kappa shape index (κ2) is 7.72. The molecule has 1 N–H and O–H groups in total. The predicted molar refractivity (Wildman–Crippen MR) is 84.2 cm³/mol. The molecule has 2 rings (SSSR count). The van der Waals surface area contributed by atoms with Crippen molar-refractivity contribution in [1.29, 1.82) is 0 Å². The fourth-order valence-corrected chi connectivity index (χ4v) is 3.11. The minimum Gasteiger partial charge on any atom is -0.467 e. The lowest BCUT2D eigenvalue weighted by atomic mass is 9.96. The molecule has 0 fully saturated rings. The van der Waals surface area contributed by atoms with Crippen LogP contribution in [0.1, 0.15) is 5.56 Å². The molecule has 0 radical (unpaired) electrons. The number of esters is 1. The molecule has 24 heavy (non-hydrogen) atoms. The van der Waals surface area contributed by atoms with E-state index in [2.05, 4.69) is 4.74 Å². The first-order valence-electron chi connectivity index (χ1n) is 6.96. The number of thioether (sulfide) groups is 1. The molecule has 0 aliphatic rings. The summed E-state index contributed by atoms with van der Waals surface area (Å²) >= 11 is 1.10. The van der Waals surface area contributed by atoms with Crippen LogP contribution in [0.15, 0.2) is 47.4 Å². The summed E-state index contributed by atoms with van der Waals surface area (Å²) in [5, 5.41) is 10.6. The molecule has 0 heterocycles. The molecule has 0 aromatic heterocycles. The van der Waals surface area contributed by atoms with Crippen LogP contribution in [0.4, 0.5) is 13.2 Å². The molecule has 0 spiro atoms. The van der Waals surface area contributed by atoms with E-state index in [4.69, 9.17) is 0 Å². The molecule has 0 saturated heterocycles. The lowest BCUT2D eigenvalue weighted by molar-refractivity contribution is -0.159. The third kappa shape index (κ3) is 4.75. The third-order valence-corrected chi connectivity index (χ3v) is 4.50. The number of halogens is 3. The fraction of sp³-hybridized carbons (Fsp3) is 0.235. The van der Waals surface area contributed by atoms with E-state index in [0.29, 0.717) is 11.0 Å². The second-order valence-corrected chi connectivity index (χ2v) is 6.27. The Morgan fingerprint density at radius 2 is 1.67 bits per heavy atom. The third-order valence-electron chi connectivity index (χ3n) is 3.28. The molecule has 2 aromatic carbocycles. The molecule has 0 unspecified atom stereocenters. The van der Waals surface area contributed by atoms with Crippen LogP contribution in [-0.2, 0) is 16.0 Å². The van der Waals surface area contributed by atoms with Gasteiger partial charge in [0.25, 0.3) is 0 Å². The van der Waals surface area contributed by atoms with Gasteiger partial charge in [0.2, 0.25) is 0 Å². The quantitative estimate of drug-likeness (QED) is 0.637. The number of methoxy groups -OCH3 is 1. The molecule has 7 heteroatoms. The Morgan fingerprint density at radius 3 is 2.21 bits per heavy atom. The van der Waals surface area contributed by atoms with Gasteiger partial charge in [-0.05, 0) is 42.0 Å². The van der Waals surface area contributed by atoms with Crippen molar-refractivity contribution >= 4 is 17.7 Å². The summed E-state index contributed by atoms with van der Waals surface area (Å²) in [5.74, 6) is -3.05. The first-order valence-corrected chi connectivity index (χ1v) is 7.95. The summed E-state index contributed by atoms with van der Waals surface area (Å²) in [7, 11) is 1.11. The van der Waals surface area contributed by atoms with Crippen molar-refractivity contribution in [2.45, 2.75) is 16.9 Å². The van der Waals surface area contributed by atoms with Gasteiger partial charge in [0.1, 0.15) is 17.5 Å². The Balaban J connectivity index is 2.18. The van der Waals surface area contributed by atoms with Crippen molar-refractivity contribution in [3.8, 4) is 0 Å². The van der Waals surface area contributed by atoms with Gasteiger partial charge >= 0.3 is 5.97 Å². The average Bonchev–Trinajstić information content (AvgIpc) is 2.52. The molecule has 2 aromatic rings. The SMILES string of the molecule is COC(=O)[C@@](O)(CSc1ccc(F)cc1)Cc1cc(F)cc(F)c1. The lowest BCUT2D eigenvalue weighted by Crippen LogP contribution is -2.44. The van der Waals surface area contributed by atoms with E-state index in [1.807, 2.05) is 0 Å². The normalized spacial score (nSPS) is 13.4. The summed E-state index contributed by atoms with van der Waals surface area (Å²) in [6, 6.07) is 8.29. The predicted octanol–water partition coefficient (Wildman–Crippen LogP) is 3.34. The highest BCUT2D eigenvalue weighted by molar-refractivity contribution is 7.99. The minimum atomic E-state index is -1.98. The number of benzene rings is 2. The van der Waals surface area contributed by atoms with E-state index in [-0.39, 0.29) is 17.7 Å². The summed E-state index contributed by atoms with van der Waals surface area (Å²) in [5.41, 5.74) is -1.85. The topological polar surface area (TPSA) is 46.5 Å². The summed E-state index contributed by atoms with van der Waals surface area (Å²) in [6.45, 7) is 0. The number of hydrogen-bond donors (Lipinski definition) is 1. The molecule has 128 valence electrons. The van der Waals surface area contributed by atoms with Crippen LogP contribution < -0.4 is 0 Å². The zero-order chi connectivity index (χ0) is 17.7. The molecular weight excluding hydrogens is 341 g/mol. The van der Waals surface area contributed by atoms with Crippen molar-refractivity contribution < 1.29 is 27.8 Å². The van der Waals surface area contributed by atoms with Gasteiger partial charge in [-0.1, -0.05) is 0 Å². The van der Waals surface area contributed by atoms with Crippen molar-refractivity contribution in [2.24, 2.45) is 0 Å². The van der Waals surface area contributed by atoms with E-state index in [0.717, 1.165) is 31.0 Å². The van der Waals surface area contributed by atoms with Gasteiger partial charge < -0.3 is 9.84 Å². The summed E-state index contributed by atoms with van der Waals surface area (Å²) in [4.78, 5) is 12.6. The molecule has 0 amide bonds. The number of aliphatic hydroxyl groups is 1. The largest absolute Gasteiger partial charge is 0.467 e. The Hall–Kier alpha value is -1.99. The van der Waals surface area contributed by atoms with Gasteiger partial charge in [0, 0.05) is 23.1 Å².